The summed E-state index contributed by atoms with van der Waals surface area (Å²) in [5, 5.41) is 11.9. The molecule has 0 bridgehead atoms. The predicted octanol–water partition coefficient (Wildman–Crippen LogP) is 3.17. The van der Waals surface area contributed by atoms with Crippen LogP contribution in [0.2, 0.25) is 5.02 Å². The Morgan fingerprint density at radius 1 is 1.23 bits per heavy atom. The number of halogens is 1. The molecule has 1 aliphatic rings. The SMILES string of the molecule is O=C(/C=C/C1CC=CN1c1ccc(Cl)cc1)NCCCCCC(=O)NO. The van der Waals surface area contributed by atoms with Gasteiger partial charge in [-0.1, -0.05) is 30.2 Å². The summed E-state index contributed by atoms with van der Waals surface area (Å²) in [5.74, 6) is -0.506. The second kappa shape index (κ2) is 10.6. The molecule has 3 N–H and O–H groups in total. The smallest absolute Gasteiger partial charge is 0.243 e. The highest BCUT2D eigenvalue weighted by Crippen LogP contribution is 2.26. The number of nitrogens with one attached hydrogen (secondary N) is 2. The van der Waals surface area contributed by atoms with Crippen molar-refractivity contribution in [1.82, 2.24) is 10.8 Å². The standard InChI is InChI=1S/C19H24ClN3O3/c20-15-7-9-17(10-8-15)23-14-4-5-16(23)11-12-18(24)21-13-3-1-2-6-19(25)22-26/h4,7-12,14,16,26H,1-3,5-6,13H2,(H,21,24)(H,22,25)/b12-11+. The van der Waals surface area contributed by atoms with Gasteiger partial charge in [-0.2, -0.15) is 0 Å². The molecule has 1 unspecified atom stereocenters. The Morgan fingerprint density at radius 2 is 2.00 bits per heavy atom. The van der Waals surface area contributed by atoms with Crippen LogP contribution in [-0.2, 0) is 9.59 Å². The van der Waals surface area contributed by atoms with Crippen molar-refractivity contribution < 1.29 is 14.8 Å². The summed E-state index contributed by atoms with van der Waals surface area (Å²) in [6, 6.07) is 7.71. The van der Waals surface area contributed by atoms with Crippen molar-refractivity contribution in [2.24, 2.45) is 0 Å². The number of anilines is 1. The highest BCUT2D eigenvalue weighted by atomic mass is 35.5. The fourth-order valence-corrected chi connectivity index (χ4v) is 2.84. The zero-order valence-corrected chi connectivity index (χ0v) is 15.3. The summed E-state index contributed by atoms with van der Waals surface area (Å²) in [7, 11) is 0. The third-order valence-electron chi connectivity index (χ3n) is 4.10. The first-order valence-electron chi connectivity index (χ1n) is 8.69. The molecule has 26 heavy (non-hydrogen) atoms. The second-order valence-electron chi connectivity index (χ2n) is 6.07. The zero-order chi connectivity index (χ0) is 18.8. The van der Waals surface area contributed by atoms with Crippen LogP contribution in [0.25, 0.3) is 0 Å². The largest absolute Gasteiger partial charge is 0.353 e. The molecule has 1 atom stereocenters. The number of hydrogen-bond donors (Lipinski definition) is 3. The van der Waals surface area contributed by atoms with Crippen molar-refractivity contribution in [3.05, 3.63) is 53.7 Å². The Morgan fingerprint density at radius 3 is 2.73 bits per heavy atom. The van der Waals surface area contributed by atoms with Crippen molar-refractivity contribution >= 4 is 29.1 Å². The zero-order valence-electron chi connectivity index (χ0n) is 14.5. The summed E-state index contributed by atoms with van der Waals surface area (Å²) in [4.78, 5) is 24.9. The number of hydroxylamine groups is 1. The molecule has 0 radical (unpaired) electrons. The average molecular weight is 378 g/mol. The fraction of sp³-hybridized carbons (Fsp3) is 0.368. The number of carbonyl (C=O) groups excluding carboxylic acids is 2. The quantitative estimate of drug-likeness (QED) is 0.267. The summed E-state index contributed by atoms with van der Waals surface area (Å²) in [6.07, 6.45) is 11.0. The number of hydrogen-bond acceptors (Lipinski definition) is 4. The van der Waals surface area contributed by atoms with Gasteiger partial charge in [0, 0.05) is 36.0 Å². The predicted molar refractivity (Wildman–Crippen MR) is 102 cm³/mol. The Kier molecular flexibility index (Phi) is 8.18. The maximum absolute atomic E-state index is 11.9. The average Bonchev–Trinajstić information content (AvgIpc) is 3.11. The molecule has 2 rings (SSSR count). The summed E-state index contributed by atoms with van der Waals surface area (Å²) in [6.45, 7) is 0.563. The van der Waals surface area contributed by atoms with E-state index < -0.39 is 0 Å². The van der Waals surface area contributed by atoms with Crippen LogP contribution >= 0.6 is 11.6 Å². The molecule has 2 amide bonds. The van der Waals surface area contributed by atoms with Gasteiger partial charge in [-0.05, 0) is 43.5 Å². The molecule has 1 aromatic carbocycles. The molecular formula is C19H24ClN3O3. The molecule has 0 saturated carbocycles. The number of benzene rings is 1. The number of rotatable bonds is 9. The van der Waals surface area contributed by atoms with E-state index in [1.807, 2.05) is 36.5 Å². The van der Waals surface area contributed by atoms with Crippen LogP contribution in [0.3, 0.4) is 0 Å². The minimum absolute atomic E-state index is 0.110. The van der Waals surface area contributed by atoms with Crippen LogP contribution in [-0.4, -0.2) is 29.6 Å². The molecule has 0 fully saturated rings. The first-order valence-corrected chi connectivity index (χ1v) is 9.07. The van der Waals surface area contributed by atoms with Crippen molar-refractivity contribution in [3.8, 4) is 0 Å². The van der Waals surface area contributed by atoms with E-state index in [9.17, 15) is 9.59 Å². The van der Waals surface area contributed by atoms with E-state index in [4.69, 9.17) is 16.8 Å². The van der Waals surface area contributed by atoms with E-state index >= 15 is 0 Å². The Bertz CT molecular complexity index is 658. The third-order valence-corrected chi connectivity index (χ3v) is 4.35. The lowest BCUT2D eigenvalue weighted by Gasteiger charge is -2.23. The van der Waals surface area contributed by atoms with Gasteiger partial charge in [0.1, 0.15) is 0 Å². The van der Waals surface area contributed by atoms with Gasteiger partial charge >= 0.3 is 0 Å². The van der Waals surface area contributed by atoms with Gasteiger partial charge in [0.15, 0.2) is 0 Å². The van der Waals surface area contributed by atoms with Crippen LogP contribution in [0.4, 0.5) is 5.69 Å². The molecule has 7 heteroatoms. The summed E-state index contributed by atoms with van der Waals surface area (Å²) < 4.78 is 0. The van der Waals surface area contributed by atoms with Crippen molar-refractivity contribution in [2.45, 2.75) is 38.1 Å². The van der Waals surface area contributed by atoms with Gasteiger partial charge in [-0.15, -0.1) is 0 Å². The normalized spacial score (nSPS) is 16.2. The van der Waals surface area contributed by atoms with Gasteiger partial charge < -0.3 is 10.2 Å². The third kappa shape index (κ3) is 6.54. The molecule has 6 nitrogen and oxygen atoms in total. The van der Waals surface area contributed by atoms with Crippen molar-refractivity contribution in [1.29, 1.82) is 0 Å². The Balaban J connectivity index is 1.70. The van der Waals surface area contributed by atoms with Gasteiger partial charge in [0.2, 0.25) is 11.8 Å². The molecule has 1 heterocycles. The van der Waals surface area contributed by atoms with E-state index in [1.54, 1.807) is 11.6 Å². The molecule has 140 valence electrons. The van der Waals surface area contributed by atoms with E-state index in [0.29, 0.717) is 24.4 Å². The maximum atomic E-state index is 11.9. The van der Waals surface area contributed by atoms with E-state index in [2.05, 4.69) is 16.3 Å². The molecule has 1 aliphatic heterocycles. The topological polar surface area (TPSA) is 81.7 Å². The molecular weight excluding hydrogens is 354 g/mol. The van der Waals surface area contributed by atoms with Crippen LogP contribution in [0.1, 0.15) is 32.1 Å². The fourth-order valence-electron chi connectivity index (χ4n) is 2.71. The molecule has 0 saturated heterocycles. The van der Waals surface area contributed by atoms with Crippen LogP contribution in [0, 0.1) is 0 Å². The lowest BCUT2D eigenvalue weighted by atomic mass is 10.1. The number of nitrogens with zero attached hydrogens (tertiary/aromatic N) is 1. The van der Waals surface area contributed by atoms with Crippen molar-refractivity contribution in [2.75, 3.05) is 11.4 Å². The monoisotopic (exact) mass is 377 g/mol. The summed E-state index contributed by atoms with van der Waals surface area (Å²) >= 11 is 5.93. The molecule has 1 aromatic rings. The maximum Gasteiger partial charge on any atom is 0.243 e. The summed E-state index contributed by atoms with van der Waals surface area (Å²) in [5.41, 5.74) is 2.63. The van der Waals surface area contributed by atoms with E-state index in [0.717, 1.165) is 24.9 Å². The molecule has 0 aromatic heterocycles. The lowest BCUT2D eigenvalue weighted by molar-refractivity contribution is -0.129. The number of carbonyl (C=O) groups is 2. The molecule has 0 spiro atoms. The van der Waals surface area contributed by atoms with Gasteiger partial charge in [-0.3, -0.25) is 14.8 Å². The van der Waals surface area contributed by atoms with Crippen LogP contribution in [0.15, 0.2) is 48.7 Å². The Hall–Kier alpha value is -2.31. The number of amides is 2. The van der Waals surface area contributed by atoms with Gasteiger partial charge in [0.05, 0.1) is 6.04 Å². The minimum Gasteiger partial charge on any atom is -0.353 e. The van der Waals surface area contributed by atoms with Crippen LogP contribution < -0.4 is 15.7 Å². The Labute approximate surface area is 158 Å². The highest BCUT2D eigenvalue weighted by Gasteiger charge is 2.18. The van der Waals surface area contributed by atoms with Crippen molar-refractivity contribution in [3.63, 3.8) is 0 Å². The first-order chi connectivity index (χ1) is 12.6. The van der Waals surface area contributed by atoms with Gasteiger partial charge in [-0.25, -0.2) is 5.48 Å². The van der Waals surface area contributed by atoms with Gasteiger partial charge in [0.25, 0.3) is 0 Å². The number of unbranched alkanes of at least 4 members (excludes halogenated alkanes) is 2. The highest BCUT2D eigenvalue weighted by molar-refractivity contribution is 6.30. The molecule has 0 aliphatic carbocycles. The minimum atomic E-state index is -0.382. The van der Waals surface area contributed by atoms with Crippen LogP contribution in [0.5, 0.6) is 0 Å². The first kappa shape index (κ1) is 20.0. The second-order valence-corrected chi connectivity index (χ2v) is 6.50. The van der Waals surface area contributed by atoms with E-state index in [-0.39, 0.29) is 17.9 Å². The van der Waals surface area contributed by atoms with E-state index in [1.165, 1.54) is 0 Å². The lowest BCUT2D eigenvalue weighted by Crippen LogP contribution is -2.26.